The fourth-order valence-corrected chi connectivity index (χ4v) is 2.35. The maximum Gasteiger partial charge on any atom is 0.337 e. The van der Waals surface area contributed by atoms with Gasteiger partial charge in [0.2, 0.25) is 5.88 Å². The summed E-state index contributed by atoms with van der Waals surface area (Å²) < 4.78 is 11.1. The van der Waals surface area contributed by atoms with Crippen molar-refractivity contribution in [2.75, 3.05) is 26.1 Å². The van der Waals surface area contributed by atoms with Crippen molar-refractivity contribution in [1.29, 1.82) is 0 Å². The van der Waals surface area contributed by atoms with Crippen molar-refractivity contribution >= 4 is 39.7 Å². The number of rotatable bonds is 4. The molecule has 0 aliphatic rings. The van der Waals surface area contributed by atoms with Gasteiger partial charge in [0.1, 0.15) is 5.76 Å². The molecule has 1 aromatic heterocycles. The lowest BCUT2D eigenvalue weighted by molar-refractivity contribution is 0.0601. The molecule has 0 saturated heterocycles. The van der Waals surface area contributed by atoms with Gasteiger partial charge in [-0.3, -0.25) is 4.99 Å². The summed E-state index contributed by atoms with van der Waals surface area (Å²) in [7, 11) is 5.15. The first-order valence-electron chi connectivity index (χ1n) is 6.20. The molecular formula is C15H15BrN2O3. The standard InChI is InChI=1S/C15H15BrN2O3/c1-18(2)14-13(16)8-12(21-14)9-17-11-6-4-10(5-7-11)15(19)20-3/h4-9H,1-3H3. The highest BCUT2D eigenvalue weighted by molar-refractivity contribution is 9.10. The molecule has 0 saturated carbocycles. The lowest BCUT2D eigenvalue weighted by Gasteiger charge is -2.07. The Kier molecular flexibility index (Phi) is 4.80. The Morgan fingerprint density at radius 3 is 2.52 bits per heavy atom. The molecule has 1 aromatic carbocycles. The minimum Gasteiger partial charge on any atom is -0.465 e. The van der Waals surface area contributed by atoms with Gasteiger partial charge < -0.3 is 14.1 Å². The molecular weight excluding hydrogens is 336 g/mol. The maximum absolute atomic E-state index is 11.3. The average molecular weight is 351 g/mol. The Balaban J connectivity index is 2.14. The highest BCUT2D eigenvalue weighted by Crippen LogP contribution is 2.28. The first-order valence-corrected chi connectivity index (χ1v) is 6.99. The van der Waals surface area contributed by atoms with Gasteiger partial charge >= 0.3 is 5.97 Å². The van der Waals surface area contributed by atoms with Crippen molar-refractivity contribution in [3.05, 3.63) is 46.1 Å². The average Bonchev–Trinajstić information content (AvgIpc) is 2.86. The van der Waals surface area contributed by atoms with Crippen LogP contribution in [-0.2, 0) is 4.74 Å². The van der Waals surface area contributed by atoms with Crippen molar-refractivity contribution < 1.29 is 13.9 Å². The zero-order valence-corrected chi connectivity index (χ0v) is 13.5. The van der Waals surface area contributed by atoms with Crippen LogP contribution in [-0.4, -0.2) is 33.4 Å². The molecule has 0 atom stereocenters. The summed E-state index contributed by atoms with van der Waals surface area (Å²) in [6.07, 6.45) is 1.63. The Bertz CT molecular complexity index is 660. The molecule has 0 spiro atoms. The van der Waals surface area contributed by atoms with Gasteiger partial charge in [0.15, 0.2) is 0 Å². The molecule has 0 radical (unpaired) electrons. The number of hydrogen-bond donors (Lipinski definition) is 0. The van der Waals surface area contributed by atoms with Crippen LogP contribution in [0.1, 0.15) is 16.1 Å². The molecule has 0 aliphatic heterocycles. The molecule has 2 aromatic rings. The lowest BCUT2D eigenvalue weighted by atomic mass is 10.2. The predicted octanol–water partition coefficient (Wildman–Crippen LogP) is 3.65. The third kappa shape index (κ3) is 3.72. The molecule has 0 fully saturated rings. The second-order valence-electron chi connectivity index (χ2n) is 4.49. The topological polar surface area (TPSA) is 55.0 Å². The molecule has 21 heavy (non-hydrogen) atoms. The van der Waals surface area contributed by atoms with Crippen LogP contribution in [0.15, 0.2) is 44.2 Å². The number of furan rings is 1. The van der Waals surface area contributed by atoms with E-state index in [2.05, 4.69) is 25.7 Å². The zero-order valence-electron chi connectivity index (χ0n) is 12.0. The van der Waals surface area contributed by atoms with Gasteiger partial charge in [-0.15, -0.1) is 0 Å². The summed E-state index contributed by atoms with van der Waals surface area (Å²) in [5.74, 6) is 1.01. The molecule has 0 amide bonds. The van der Waals surface area contributed by atoms with E-state index in [0.717, 1.165) is 16.0 Å². The van der Waals surface area contributed by atoms with Gasteiger partial charge in [-0.05, 0) is 40.2 Å². The molecule has 2 rings (SSSR count). The van der Waals surface area contributed by atoms with Crippen LogP contribution in [0.25, 0.3) is 0 Å². The number of halogens is 1. The van der Waals surface area contributed by atoms with Crippen molar-refractivity contribution in [2.24, 2.45) is 4.99 Å². The molecule has 5 nitrogen and oxygen atoms in total. The Labute approximate surface area is 131 Å². The van der Waals surface area contributed by atoms with E-state index in [0.29, 0.717) is 11.3 Å². The van der Waals surface area contributed by atoms with Crippen molar-refractivity contribution in [3.63, 3.8) is 0 Å². The number of esters is 1. The number of methoxy groups -OCH3 is 1. The number of ether oxygens (including phenoxy) is 1. The minimum atomic E-state index is -0.365. The Hall–Kier alpha value is -2.08. The number of carbonyl (C=O) groups excluding carboxylic acids is 1. The van der Waals surface area contributed by atoms with Crippen LogP contribution < -0.4 is 4.90 Å². The highest BCUT2D eigenvalue weighted by atomic mass is 79.9. The van der Waals surface area contributed by atoms with Crippen LogP contribution >= 0.6 is 15.9 Å². The van der Waals surface area contributed by atoms with E-state index in [1.807, 2.05) is 25.1 Å². The SMILES string of the molecule is COC(=O)c1ccc(N=Cc2cc(Br)c(N(C)C)o2)cc1. The molecule has 0 bridgehead atoms. The smallest absolute Gasteiger partial charge is 0.337 e. The van der Waals surface area contributed by atoms with E-state index in [4.69, 9.17) is 4.42 Å². The van der Waals surface area contributed by atoms with Gasteiger partial charge in [-0.2, -0.15) is 0 Å². The first kappa shape index (κ1) is 15.3. The van der Waals surface area contributed by atoms with E-state index in [1.54, 1.807) is 30.5 Å². The van der Waals surface area contributed by atoms with E-state index in [1.165, 1.54) is 7.11 Å². The van der Waals surface area contributed by atoms with E-state index < -0.39 is 0 Å². The second-order valence-corrected chi connectivity index (χ2v) is 5.35. The third-order valence-electron chi connectivity index (χ3n) is 2.72. The summed E-state index contributed by atoms with van der Waals surface area (Å²) >= 11 is 3.43. The second kappa shape index (κ2) is 6.58. The number of anilines is 1. The van der Waals surface area contributed by atoms with Crippen LogP contribution in [0.4, 0.5) is 11.6 Å². The van der Waals surface area contributed by atoms with Crippen LogP contribution in [0, 0.1) is 0 Å². The summed E-state index contributed by atoms with van der Waals surface area (Å²) in [5.41, 5.74) is 1.22. The fraction of sp³-hybridized carbons (Fsp3) is 0.200. The number of hydrogen-bond acceptors (Lipinski definition) is 5. The quantitative estimate of drug-likeness (QED) is 0.623. The highest BCUT2D eigenvalue weighted by Gasteiger charge is 2.09. The van der Waals surface area contributed by atoms with Crippen molar-refractivity contribution in [3.8, 4) is 0 Å². The number of aliphatic imine (C=N–C) groups is 1. The summed E-state index contributed by atoms with van der Waals surface area (Å²) in [6.45, 7) is 0. The van der Waals surface area contributed by atoms with Gasteiger partial charge in [0.25, 0.3) is 0 Å². The minimum absolute atomic E-state index is 0.365. The molecule has 0 unspecified atom stereocenters. The zero-order chi connectivity index (χ0) is 15.4. The van der Waals surface area contributed by atoms with Crippen LogP contribution in [0.3, 0.4) is 0 Å². The van der Waals surface area contributed by atoms with Gasteiger partial charge in [-0.25, -0.2) is 4.79 Å². The van der Waals surface area contributed by atoms with E-state index >= 15 is 0 Å². The normalized spacial score (nSPS) is 10.9. The summed E-state index contributed by atoms with van der Waals surface area (Å²) in [5, 5.41) is 0. The van der Waals surface area contributed by atoms with Crippen molar-refractivity contribution in [1.82, 2.24) is 0 Å². The maximum atomic E-state index is 11.3. The Morgan fingerprint density at radius 1 is 1.33 bits per heavy atom. The first-order chi connectivity index (χ1) is 10.0. The van der Waals surface area contributed by atoms with E-state index in [9.17, 15) is 4.79 Å². The molecule has 0 aliphatic carbocycles. The van der Waals surface area contributed by atoms with Crippen LogP contribution in [0.5, 0.6) is 0 Å². The predicted molar refractivity (Wildman–Crippen MR) is 85.8 cm³/mol. The summed E-state index contributed by atoms with van der Waals surface area (Å²) in [4.78, 5) is 17.5. The monoisotopic (exact) mass is 350 g/mol. The molecule has 6 heteroatoms. The molecule has 110 valence electrons. The van der Waals surface area contributed by atoms with Gasteiger partial charge in [0.05, 0.1) is 29.0 Å². The lowest BCUT2D eigenvalue weighted by Crippen LogP contribution is -2.07. The van der Waals surface area contributed by atoms with Crippen molar-refractivity contribution in [2.45, 2.75) is 0 Å². The third-order valence-corrected chi connectivity index (χ3v) is 3.29. The number of carbonyl (C=O) groups is 1. The van der Waals surface area contributed by atoms with E-state index in [-0.39, 0.29) is 5.97 Å². The van der Waals surface area contributed by atoms with Gasteiger partial charge in [0, 0.05) is 20.2 Å². The largest absolute Gasteiger partial charge is 0.465 e. The Morgan fingerprint density at radius 2 is 2.00 bits per heavy atom. The number of nitrogens with zero attached hydrogens (tertiary/aromatic N) is 2. The summed E-state index contributed by atoms with van der Waals surface area (Å²) in [6, 6.07) is 8.67. The number of benzene rings is 1. The molecule has 0 N–H and O–H groups in total. The van der Waals surface area contributed by atoms with Crippen LogP contribution in [0.2, 0.25) is 0 Å². The van der Waals surface area contributed by atoms with Gasteiger partial charge in [-0.1, -0.05) is 0 Å². The molecule has 1 heterocycles. The fourth-order valence-electron chi connectivity index (χ4n) is 1.68.